The van der Waals surface area contributed by atoms with Gasteiger partial charge in [-0.25, -0.2) is 8.42 Å². The minimum Gasteiger partial charge on any atom is -0.490 e. The summed E-state index contributed by atoms with van der Waals surface area (Å²) >= 11 is 0. The number of piperidine rings is 1. The number of hydrogen-bond acceptors (Lipinski definition) is 6. The molecule has 0 radical (unpaired) electrons. The lowest BCUT2D eigenvalue weighted by Gasteiger charge is -2.46. The molecule has 1 unspecified atom stereocenters. The van der Waals surface area contributed by atoms with Gasteiger partial charge in [0, 0.05) is 38.0 Å². The zero-order valence-electron chi connectivity index (χ0n) is 19.4. The Hall–Kier alpha value is -2.42. The molecule has 1 amide bonds. The maximum atomic E-state index is 13.2. The van der Waals surface area contributed by atoms with Gasteiger partial charge in [0.2, 0.25) is 0 Å². The molecule has 2 aromatic carbocycles. The molecule has 2 aliphatic rings. The van der Waals surface area contributed by atoms with Crippen molar-refractivity contribution in [1.82, 2.24) is 10.2 Å². The molecule has 1 N–H and O–H groups in total. The molecular weight excluding hydrogens is 440 g/mol. The largest absolute Gasteiger partial charge is 0.490 e. The van der Waals surface area contributed by atoms with Gasteiger partial charge in [-0.2, -0.15) is 0 Å². The first kappa shape index (κ1) is 23.7. The van der Waals surface area contributed by atoms with Crippen molar-refractivity contribution in [3.05, 3.63) is 59.7 Å². The van der Waals surface area contributed by atoms with Gasteiger partial charge in [0.15, 0.2) is 9.84 Å². The third-order valence-corrected chi connectivity index (χ3v) is 7.37. The molecule has 1 atom stereocenters. The molecule has 2 aliphatic heterocycles. The topological polar surface area (TPSA) is 84.9 Å². The smallest absolute Gasteiger partial charge is 0.253 e. The van der Waals surface area contributed by atoms with Crippen molar-refractivity contribution in [3.63, 3.8) is 0 Å². The molecule has 33 heavy (non-hydrogen) atoms. The molecule has 0 aliphatic carbocycles. The normalized spacial score (nSPS) is 20.7. The van der Waals surface area contributed by atoms with Crippen LogP contribution in [0, 0.1) is 0 Å². The Balaban J connectivity index is 1.46. The second-order valence-electron chi connectivity index (χ2n) is 9.22. The summed E-state index contributed by atoms with van der Waals surface area (Å²) in [6.45, 7) is 6.31. The van der Waals surface area contributed by atoms with Gasteiger partial charge in [-0.3, -0.25) is 4.79 Å². The van der Waals surface area contributed by atoms with Crippen LogP contribution in [0.3, 0.4) is 0 Å². The van der Waals surface area contributed by atoms with Gasteiger partial charge in [-0.15, -0.1) is 0 Å². The van der Waals surface area contributed by atoms with Gasteiger partial charge in [0.1, 0.15) is 10.6 Å². The van der Waals surface area contributed by atoms with Gasteiger partial charge in [-0.05, 0) is 50.5 Å². The van der Waals surface area contributed by atoms with Gasteiger partial charge in [0.05, 0.1) is 17.8 Å². The maximum absolute atomic E-state index is 13.2. The molecule has 178 valence electrons. The number of morpholine rings is 1. The van der Waals surface area contributed by atoms with E-state index in [0.717, 1.165) is 37.8 Å². The minimum atomic E-state index is -3.54. The van der Waals surface area contributed by atoms with Crippen LogP contribution in [-0.2, 0) is 14.6 Å². The van der Waals surface area contributed by atoms with E-state index in [9.17, 15) is 13.2 Å². The summed E-state index contributed by atoms with van der Waals surface area (Å²) in [5.74, 6) is 0.101. The van der Waals surface area contributed by atoms with Crippen LogP contribution in [-0.4, -0.2) is 63.4 Å². The molecular formula is C25H32N2O5S. The van der Waals surface area contributed by atoms with E-state index >= 15 is 0 Å². The highest BCUT2D eigenvalue weighted by molar-refractivity contribution is 7.90. The highest BCUT2D eigenvalue weighted by Crippen LogP contribution is 2.35. The van der Waals surface area contributed by atoms with Crippen molar-refractivity contribution < 1.29 is 22.7 Å². The molecule has 0 bridgehead atoms. The van der Waals surface area contributed by atoms with Gasteiger partial charge < -0.3 is 19.7 Å². The molecule has 2 fully saturated rings. The second kappa shape index (κ2) is 9.44. The van der Waals surface area contributed by atoms with Crippen LogP contribution in [0.2, 0.25) is 0 Å². The summed E-state index contributed by atoms with van der Waals surface area (Å²) in [4.78, 5) is 15.0. The van der Waals surface area contributed by atoms with Crippen molar-refractivity contribution in [2.45, 2.75) is 49.4 Å². The molecule has 2 heterocycles. The average Bonchev–Trinajstić information content (AvgIpc) is 2.79. The van der Waals surface area contributed by atoms with Crippen LogP contribution in [0.15, 0.2) is 53.4 Å². The monoisotopic (exact) mass is 472 g/mol. The first-order chi connectivity index (χ1) is 15.7. The van der Waals surface area contributed by atoms with Gasteiger partial charge >= 0.3 is 0 Å². The van der Waals surface area contributed by atoms with Crippen LogP contribution in [0.1, 0.15) is 48.7 Å². The van der Waals surface area contributed by atoms with E-state index in [0.29, 0.717) is 18.7 Å². The Morgan fingerprint density at radius 1 is 1.15 bits per heavy atom. The number of likely N-dealkylation sites (tertiary alicyclic amines) is 1. The van der Waals surface area contributed by atoms with Gasteiger partial charge in [-0.1, -0.05) is 30.3 Å². The molecule has 4 rings (SSSR count). The van der Waals surface area contributed by atoms with E-state index < -0.39 is 9.84 Å². The number of benzene rings is 2. The number of ether oxygens (including phenoxy) is 2. The number of hydrogen-bond donors (Lipinski definition) is 1. The second-order valence-corrected chi connectivity index (χ2v) is 11.2. The van der Waals surface area contributed by atoms with E-state index in [4.69, 9.17) is 9.47 Å². The number of carbonyl (C=O) groups is 1. The SMILES string of the molecule is CC(C)Oc1ccc(C(=O)N2CCC3(CC2)CNCC(c2ccccc2)O3)cc1S(C)(=O)=O. The van der Waals surface area contributed by atoms with E-state index in [1.807, 2.05) is 32.0 Å². The average molecular weight is 473 g/mol. The fourth-order valence-corrected chi connectivity index (χ4v) is 5.37. The molecule has 2 saturated heterocycles. The summed E-state index contributed by atoms with van der Waals surface area (Å²) in [5, 5.41) is 3.51. The van der Waals surface area contributed by atoms with Crippen LogP contribution < -0.4 is 10.1 Å². The number of nitrogens with one attached hydrogen (secondary N) is 1. The fraction of sp³-hybridized carbons (Fsp3) is 0.480. The number of rotatable bonds is 5. The maximum Gasteiger partial charge on any atom is 0.253 e. The Kier molecular flexibility index (Phi) is 6.79. The standard InChI is InChI=1S/C25H32N2O5S/c1-18(2)31-21-10-9-20(15-23(21)33(3,29)30)24(28)27-13-11-25(12-14-27)17-26-16-22(32-25)19-7-5-4-6-8-19/h4-10,15,18,22,26H,11-14,16-17H2,1-3H3. The highest BCUT2D eigenvalue weighted by atomic mass is 32.2. The van der Waals surface area contributed by atoms with Crippen LogP contribution >= 0.6 is 0 Å². The van der Waals surface area contributed by atoms with Crippen molar-refractivity contribution in [3.8, 4) is 5.75 Å². The fourth-order valence-electron chi connectivity index (χ4n) is 4.55. The first-order valence-electron chi connectivity index (χ1n) is 11.4. The molecule has 7 nitrogen and oxygen atoms in total. The lowest BCUT2D eigenvalue weighted by Crippen LogP contribution is -2.57. The predicted octanol–water partition coefficient (Wildman–Crippen LogP) is 3.21. The Labute approximate surface area is 196 Å². The lowest BCUT2D eigenvalue weighted by molar-refractivity contribution is -0.140. The Morgan fingerprint density at radius 3 is 2.48 bits per heavy atom. The van der Waals surface area contributed by atoms with Crippen molar-refractivity contribution in [2.75, 3.05) is 32.4 Å². The van der Waals surface area contributed by atoms with Crippen LogP contribution in [0.5, 0.6) is 5.75 Å². The molecule has 8 heteroatoms. The zero-order valence-corrected chi connectivity index (χ0v) is 20.2. The van der Waals surface area contributed by atoms with Crippen molar-refractivity contribution >= 4 is 15.7 Å². The minimum absolute atomic E-state index is 0.00646. The van der Waals surface area contributed by atoms with E-state index in [-0.39, 0.29) is 34.4 Å². The zero-order chi connectivity index (χ0) is 23.6. The third-order valence-electron chi connectivity index (χ3n) is 6.26. The summed E-state index contributed by atoms with van der Waals surface area (Å²) < 4.78 is 36.8. The highest BCUT2D eigenvalue weighted by Gasteiger charge is 2.41. The quantitative estimate of drug-likeness (QED) is 0.719. The first-order valence-corrected chi connectivity index (χ1v) is 13.3. The van der Waals surface area contributed by atoms with E-state index in [1.54, 1.807) is 17.0 Å². The van der Waals surface area contributed by atoms with Gasteiger partial charge in [0.25, 0.3) is 5.91 Å². The molecule has 0 saturated carbocycles. The van der Waals surface area contributed by atoms with Crippen LogP contribution in [0.25, 0.3) is 0 Å². The summed E-state index contributed by atoms with van der Waals surface area (Å²) in [7, 11) is -3.54. The number of sulfone groups is 1. The van der Waals surface area contributed by atoms with Crippen molar-refractivity contribution in [2.24, 2.45) is 0 Å². The number of carbonyl (C=O) groups excluding carboxylic acids is 1. The summed E-state index contributed by atoms with van der Waals surface area (Å²) in [6.07, 6.45) is 2.40. The predicted molar refractivity (Wildman–Crippen MR) is 126 cm³/mol. The lowest BCUT2D eigenvalue weighted by atomic mass is 9.88. The molecule has 1 spiro atoms. The Morgan fingerprint density at radius 2 is 1.85 bits per heavy atom. The molecule has 2 aromatic rings. The van der Waals surface area contributed by atoms with Crippen LogP contribution in [0.4, 0.5) is 0 Å². The van der Waals surface area contributed by atoms with Crippen molar-refractivity contribution in [1.29, 1.82) is 0 Å². The Bertz CT molecular complexity index is 1090. The third kappa shape index (κ3) is 5.39. The van der Waals surface area contributed by atoms with E-state index in [1.165, 1.54) is 6.07 Å². The van der Waals surface area contributed by atoms with E-state index in [2.05, 4.69) is 17.4 Å². The number of amides is 1. The summed E-state index contributed by atoms with van der Waals surface area (Å²) in [5.41, 5.74) is 1.20. The number of nitrogens with zero attached hydrogens (tertiary/aromatic N) is 1. The molecule has 0 aromatic heterocycles. The summed E-state index contributed by atoms with van der Waals surface area (Å²) in [6, 6.07) is 14.8.